The van der Waals surface area contributed by atoms with Gasteiger partial charge in [-0.25, -0.2) is 0 Å². The van der Waals surface area contributed by atoms with Gasteiger partial charge in [-0.1, -0.05) is 43.0 Å². The summed E-state index contributed by atoms with van der Waals surface area (Å²) in [6, 6.07) is 10.2. The lowest BCUT2D eigenvalue weighted by Crippen LogP contribution is -2.18. The van der Waals surface area contributed by atoms with Crippen LogP contribution in [0.25, 0.3) is 10.1 Å². The van der Waals surface area contributed by atoms with Crippen LogP contribution in [0.3, 0.4) is 0 Å². The van der Waals surface area contributed by atoms with Gasteiger partial charge in [0.2, 0.25) is 0 Å². The molecule has 5 heteroatoms. The summed E-state index contributed by atoms with van der Waals surface area (Å²) in [7, 11) is 0. The number of carbonyl (C=O) groups excluding carboxylic acids is 1. The number of carbonyl (C=O) groups is 2. The van der Waals surface area contributed by atoms with Gasteiger partial charge < -0.3 is 10.2 Å². The summed E-state index contributed by atoms with van der Waals surface area (Å²) < 4.78 is 1.19. The van der Waals surface area contributed by atoms with Gasteiger partial charge in [0.05, 0.1) is 6.10 Å². The Morgan fingerprint density at radius 2 is 1.86 bits per heavy atom. The smallest absolute Gasteiger partial charge is 0.303 e. The molecule has 0 saturated carbocycles. The normalized spacial score (nSPS) is 20.2. The van der Waals surface area contributed by atoms with Crippen LogP contribution in [-0.4, -0.2) is 22.0 Å². The third kappa shape index (κ3) is 5.77. The van der Waals surface area contributed by atoms with E-state index in [1.165, 1.54) is 10.1 Å². The maximum absolute atomic E-state index is 12.4. The lowest BCUT2D eigenvalue weighted by Gasteiger charge is -2.22. The number of aliphatic hydroxyl groups is 1. The summed E-state index contributed by atoms with van der Waals surface area (Å²) >= 11 is 1.64. The van der Waals surface area contributed by atoms with Crippen molar-refractivity contribution in [1.29, 1.82) is 0 Å². The number of rotatable bonds is 11. The number of ketones is 1. The molecule has 0 bridgehead atoms. The monoisotopic (exact) mass is 414 g/mol. The molecule has 1 aliphatic carbocycles. The van der Waals surface area contributed by atoms with E-state index in [0.29, 0.717) is 12.8 Å². The van der Waals surface area contributed by atoms with E-state index < -0.39 is 12.1 Å². The topological polar surface area (TPSA) is 74.6 Å². The molecule has 1 aromatic carbocycles. The number of aliphatic carboxylic acids is 1. The molecule has 0 radical (unpaired) electrons. The zero-order valence-corrected chi connectivity index (χ0v) is 17.8. The molecule has 1 aromatic heterocycles. The zero-order chi connectivity index (χ0) is 20.8. The first-order valence-electron chi connectivity index (χ1n) is 10.6. The van der Waals surface area contributed by atoms with Crippen molar-refractivity contribution in [3.8, 4) is 0 Å². The molecule has 0 spiro atoms. The third-order valence-corrected chi connectivity index (χ3v) is 7.20. The lowest BCUT2D eigenvalue weighted by atomic mass is 9.83. The number of carboxylic acid groups (broad SMARTS) is 1. The van der Waals surface area contributed by atoms with Crippen molar-refractivity contribution in [3.63, 3.8) is 0 Å². The highest BCUT2D eigenvalue weighted by molar-refractivity contribution is 7.19. The quantitative estimate of drug-likeness (QED) is 0.449. The Hall–Kier alpha value is -1.98. The van der Waals surface area contributed by atoms with Crippen molar-refractivity contribution in [2.24, 2.45) is 11.8 Å². The summed E-state index contributed by atoms with van der Waals surface area (Å²) in [6.45, 7) is 2.03. The highest BCUT2D eigenvalue weighted by atomic mass is 32.1. The number of thiophene rings is 1. The van der Waals surface area contributed by atoms with E-state index in [2.05, 4.69) is 18.2 Å². The summed E-state index contributed by atoms with van der Waals surface area (Å²) in [6.07, 6.45) is 7.35. The van der Waals surface area contributed by atoms with E-state index in [1.807, 2.05) is 19.1 Å². The van der Waals surface area contributed by atoms with E-state index >= 15 is 0 Å². The fourth-order valence-electron chi connectivity index (χ4n) is 4.37. The van der Waals surface area contributed by atoms with Gasteiger partial charge in [0.15, 0.2) is 5.78 Å². The number of carboxylic acids is 1. The van der Waals surface area contributed by atoms with E-state index in [1.54, 1.807) is 17.4 Å². The van der Waals surface area contributed by atoms with Crippen molar-refractivity contribution in [1.82, 2.24) is 0 Å². The highest BCUT2D eigenvalue weighted by Gasteiger charge is 2.33. The van der Waals surface area contributed by atoms with Gasteiger partial charge in [0.1, 0.15) is 0 Å². The summed E-state index contributed by atoms with van der Waals surface area (Å²) in [5, 5.41) is 20.6. The third-order valence-electron chi connectivity index (χ3n) is 5.99. The molecule has 0 saturated heterocycles. The number of fused-ring (bicyclic) bond motifs is 1. The zero-order valence-electron chi connectivity index (χ0n) is 17.0. The van der Waals surface area contributed by atoms with E-state index in [0.717, 1.165) is 42.6 Å². The number of allylic oxidation sites excluding steroid dienone is 2. The maximum atomic E-state index is 12.4. The SMILES string of the molecule is CC1=CC(=O)[C@H](CCCCCCC(=O)O)[C@H]1CCC(O)c1cc2ccccc2s1. The van der Waals surface area contributed by atoms with E-state index in [4.69, 9.17) is 5.11 Å². The lowest BCUT2D eigenvalue weighted by molar-refractivity contribution is -0.137. The molecule has 2 N–H and O–H groups in total. The van der Waals surface area contributed by atoms with Crippen LogP contribution in [0.15, 0.2) is 42.0 Å². The van der Waals surface area contributed by atoms with Gasteiger partial charge in [0, 0.05) is 21.9 Å². The predicted molar refractivity (Wildman–Crippen MR) is 117 cm³/mol. The second-order valence-electron chi connectivity index (χ2n) is 8.13. The second kappa shape index (κ2) is 10.2. The van der Waals surface area contributed by atoms with Crippen LogP contribution in [0, 0.1) is 11.8 Å². The maximum Gasteiger partial charge on any atom is 0.303 e. The molecule has 0 amide bonds. The van der Waals surface area contributed by atoms with Gasteiger partial charge in [-0.2, -0.15) is 0 Å². The van der Waals surface area contributed by atoms with Gasteiger partial charge in [0.25, 0.3) is 0 Å². The first-order valence-corrected chi connectivity index (χ1v) is 11.4. The van der Waals surface area contributed by atoms with Crippen LogP contribution < -0.4 is 0 Å². The van der Waals surface area contributed by atoms with Crippen molar-refractivity contribution in [2.45, 2.75) is 64.4 Å². The molecule has 0 aliphatic heterocycles. The molecule has 156 valence electrons. The van der Waals surface area contributed by atoms with Gasteiger partial charge >= 0.3 is 5.97 Å². The standard InChI is InChI=1S/C24H30O4S/c1-16-14-21(26)19(9-4-2-3-5-11-24(27)28)18(16)12-13-20(25)23-15-17-8-6-7-10-22(17)29-23/h6-8,10,14-15,18-20,25H,2-5,9,11-13H2,1H3,(H,27,28)/t18-,19+,20?/m0/s1. The average molecular weight is 415 g/mol. The average Bonchev–Trinajstić information content (AvgIpc) is 3.23. The molecular formula is C24H30O4S. The number of hydrogen-bond donors (Lipinski definition) is 2. The Balaban J connectivity index is 1.50. The first-order chi connectivity index (χ1) is 14.0. The van der Waals surface area contributed by atoms with Gasteiger partial charge in [-0.05, 0) is 62.1 Å². The summed E-state index contributed by atoms with van der Waals surface area (Å²) in [5.41, 5.74) is 1.13. The fraction of sp³-hybridized carbons (Fsp3) is 0.500. The Morgan fingerprint density at radius 3 is 2.62 bits per heavy atom. The Kier molecular flexibility index (Phi) is 7.62. The minimum Gasteiger partial charge on any atom is -0.481 e. The minimum atomic E-state index is -0.743. The second-order valence-corrected chi connectivity index (χ2v) is 9.25. The van der Waals surface area contributed by atoms with Crippen molar-refractivity contribution in [2.75, 3.05) is 0 Å². The molecule has 1 aliphatic rings. The molecule has 2 aromatic rings. The minimum absolute atomic E-state index is 0.0177. The molecule has 4 nitrogen and oxygen atoms in total. The van der Waals surface area contributed by atoms with Crippen LogP contribution >= 0.6 is 11.3 Å². The van der Waals surface area contributed by atoms with Crippen LogP contribution in [-0.2, 0) is 9.59 Å². The van der Waals surface area contributed by atoms with Gasteiger partial charge in [-0.15, -0.1) is 11.3 Å². The van der Waals surface area contributed by atoms with E-state index in [-0.39, 0.29) is 24.0 Å². The number of benzene rings is 1. The molecular weight excluding hydrogens is 384 g/mol. The predicted octanol–water partition coefficient (Wildman–Crippen LogP) is 5.90. The van der Waals surface area contributed by atoms with E-state index in [9.17, 15) is 14.7 Å². The Labute approximate surface area is 176 Å². The molecule has 3 atom stereocenters. The Bertz CT molecular complexity index is 849. The van der Waals surface area contributed by atoms with Gasteiger partial charge in [-0.3, -0.25) is 9.59 Å². The number of aliphatic hydroxyl groups excluding tert-OH is 1. The van der Waals surface area contributed by atoms with Crippen molar-refractivity contribution < 1.29 is 19.8 Å². The molecule has 3 rings (SSSR count). The van der Waals surface area contributed by atoms with Crippen LogP contribution in [0.5, 0.6) is 0 Å². The van der Waals surface area contributed by atoms with Crippen LogP contribution in [0.2, 0.25) is 0 Å². The van der Waals surface area contributed by atoms with Crippen molar-refractivity contribution >= 4 is 33.2 Å². The van der Waals surface area contributed by atoms with Crippen LogP contribution in [0.4, 0.5) is 0 Å². The Morgan fingerprint density at radius 1 is 1.10 bits per heavy atom. The summed E-state index contributed by atoms with van der Waals surface area (Å²) in [5.74, 6) is -0.294. The molecule has 0 fully saturated rings. The summed E-state index contributed by atoms with van der Waals surface area (Å²) in [4.78, 5) is 24.0. The number of hydrogen-bond acceptors (Lipinski definition) is 4. The number of unbranched alkanes of at least 4 members (excludes halogenated alkanes) is 3. The van der Waals surface area contributed by atoms with Crippen LogP contribution in [0.1, 0.15) is 69.3 Å². The molecule has 1 unspecified atom stereocenters. The first kappa shape index (κ1) is 21.7. The molecule has 29 heavy (non-hydrogen) atoms. The largest absolute Gasteiger partial charge is 0.481 e. The highest BCUT2D eigenvalue weighted by Crippen LogP contribution is 2.39. The fourth-order valence-corrected chi connectivity index (χ4v) is 5.45. The van der Waals surface area contributed by atoms with Crippen molar-refractivity contribution in [3.05, 3.63) is 46.9 Å². The molecule has 1 heterocycles.